The van der Waals surface area contributed by atoms with Crippen LogP contribution in [0, 0.1) is 0 Å². The van der Waals surface area contributed by atoms with Gasteiger partial charge in [-0.2, -0.15) is 5.10 Å². The number of hydrogen-bond donors (Lipinski definition) is 2. The number of aliphatic hydroxyl groups excluding tert-OH is 1. The molecule has 136 valence electrons. The Bertz CT molecular complexity index is 642. The molecule has 5 nitrogen and oxygen atoms in total. The van der Waals surface area contributed by atoms with E-state index in [1.54, 1.807) is 0 Å². The number of likely N-dealkylation sites (tertiary alicyclic amines) is 1. The number of aromatic nitrogens is 2. The van der Waals surface area contributed by atoms with Gasteiger partial charge >= 0.3 is 0 Å². The Hall–Kier alpha value is -1.85. The minimum atomic E-state index is -0.483. The fourth-order valence-corrected chi connectivity index (χ4v) is 3.60. The number of ether oxygens (including phenoxy) is 1. The number of rotatable bonds is 7. The van der Waals surface area contributed by atoms with Crippen molar-refractivity contribution in [3.05, 3.63) is 47.8 Å². The number of nitrogens with zero attached hydrogens (tertiary/aromatic N) is 2. The van der Waals surface area contributed by atoms with Crippen molar-refractivity contribution >= 4 is 0 Å². The zero-order valence-corrected chi connectivity index (χ0v) is 15.2. The average molecular weight is 343 g/mol. The van der Waals surface area contributed by atoms with Crippen molar-refractivity contribution in [3.63, 3.8) is 0 Å². The zero-order valence-electron chi connectivity index (χ0n) is 15.2. The molecule has 1 aliphatic rings. The van der Waals surface area contributed by atoms with E-state index in [-0.39, 0.29) is 0 Å². The fraction of sp³-hybridized carbons (Fsp3) is 0.550. The Morgan fingerprint density at radius 1 is 1.36 bits per heavy atom. The molecule has 0 saturated carbocycles. The van der Waals surface area contributed by atoms with Crippen LogP contribution in [0.2, 0.25) is 0 Å². The molecule has 2 N–H and O–H groups in total. The van der Waals surface area contributed by atoms with E-state index in [9.17, 15) is 5.11 Å². The van der Waals surface area contributed by atoms with Crippen molar-refractivity contribution < 1.29 is 9.84 Å². The van der Waals surface area contributed by atoms with Crippen LogP contribution in [-0.2, 0) is 0 Å². The van der Waals surface area contributed by atoms with Crippen LogP contribution in [0.4, 0.5) is 0 Å². The number of β-amino-alcohol motifs (C(OH)–C–C–N with tert-alkyl or cyclic N) is 1. The minimum absolute atomic E-state index is 0.330. The normalized spacial score (nSPS) is 19.9. The second-order valence-electron chi connectivity index (χ2n) is 7.29. The molecule has 0 spiro atoms. The summed E-state index contributed by atoms with van der Waals surface area (Å²) < 4.78 is 5.91. The number of hydrogen-bond acceptors (Lipinski definition) is 4. The summed E-state index contributed by atoms with van der Waals surface area (Å²) in [5.41, 5.74) is 2.45. The van der Waals surface area contributed by atoms with Gasteiger partial charge in [-0.05, 0) is 48.4 Å². The van der Waals surface area contributed by atoms with Crippen LogP contribution in [0.15, 0.2) is 36.7 Å². The molecule has 0 aliphatic carbocycles. The lowest BCUT2D eigenvalue weighted by Crippen LogP contribution is -2.41. The summed E-state index contributed by atoms with van der Waals surface area (Å²) in [4.78, 5) is 2.34. The maximum atomic E-state index is 10.4. The van der Waals surface area contributed by atoms with E-state index in [1.807, 2.05) is 30.6 Å². The van der Waals surface area contributed by atoms with E-state index in [2.05, 4.69) is 35.0 Å². The van der Waals surface area contributed by atoms with Crippen LogP contribution >= 0.6 is 0 Å². The summed E-state index contributed by atoms with van der Waals surface area (Å²) in [5.74, 6) is 1.79. The summed E-state index contributed by atoms with van der Waals surface area (Å²) in [6, 6.07) is 8.08. The molecule has 0 radical (unpaired) electrons. The number of benzene rings is 1. The number of piperidine rings is 1. The topological polar surface area (TPSA) is 61.4 Å². The molecule has 25 heavy (non-hydrogen) atoms. The molecule has 2 aromatic rings. The predicted molar refractivity (Wildman–Crippen MR) is 99.0 cm³/mol. The average Bonchev–Trinajstić information content (AvgIpc) is 3.15. The molecule has 2 unspecified atom stereocenters. The quantitative estimate of drug-likeness (QED) is 0.811. The highest BCUT2D eigenvalue weighted by Crippen LogP contribution is 2.27. The van der Waals surface area contributed by atoms with Gasteiger partial charge < -0.3 is 14.7 Å². The second kappa shape index (κ2) is 8.50. The van der Waals surface area contributed by atoms with Gasteiger partial charge in [-0.1, -0.05) is 32.0 Å². The summed E-state index contributed by atoms with van der Waals surface area (Å²) in [6.45, 7) is 7.30. The summed E-state index contributed by atoms with van der Waals surface area (Å²) in [6.07, 6.45) is 5.75. The second-order valence-corrected chi connectivity index (χ2v) is 7.29. The minimum Gasteiger partial charge on any atom is -0.491 e. The molecule has 1 aliphatic heterocycles. The van der Waals surface area contributed by atoms with Gasteiger partial charge in [0.2, 0.25) is 0 Å². The molecular weight excluding hydrogens is 314 g/mol. The van der Waals surface area contributed by atoms with Crippen molar-refractivity contribution in [2.24, 2.45) is 0 Å². The predicted octanol–water partition coefficient (Wildman–Crippen LogP) is 3.15. The maximum Gasteiger partial charge on any atom is 0.122 e. The SMILES string of the molecule is CC(C)c1ccccc1OCC(O)CN1CCCC(c2cn[nH]c2)C1. The Kier molecular flexibility index (Phi) is 6.10. The molecule has 1 saturated heterocycles. The van der Waals surface area contributed by atoms with Gasteiger partial charge in [0.1, 0.15) is 18.5 Å². The molecule has 3 rings (SSSR count). The first kappa shape index (κ1) is 18.0. The number of aromatic amines is 1. The van der Waals surface area contributed by atoms with Gasteiger partial charge in [0.15, 0.2) is 0 Å². The van der Waals surface area contributed by atoms with Gasteiger partial charge in [0.05, 0.1) is 6.20 Å². The van der Waals surface area contributed by atoms with Crippen LogP contribution in [0.3, 0.4) is 0 Å². The molecule has 1 aromatic carbocycles. The van der Waals surface area contributed by atoms with Crippen LogP contribution in [0.25, 0.3) is 0 Å². The smallest absolute Gasteiger partial charge is 0.122 e. The van der Waals surface area contributed by atoms with Crippen molar-refractivity contribution in [2.75, 3.05) is 26.2 Å². The maximum absolute atomic E-state index is 10.4. The highest BCUT2D eigenvalue weighted by Gasteiger charge is 2.23. The molecule has 0 bridgehead atoms. The van der Waals surface area contributed by atoms with Gasteiger partial charge in [-0.3, -0.25) is 5.10 Å². The van der Waals surface area contributed by atoms with E-state index in [1.165, 1.54) is 17.5 Å². The highest BCUT2D eigenvalue weighted by molar-refractivity contribution is 5.35. The Morgan fingerprint density at radius 3 is 2.96 bits per heavy atom. The monoisotopic (exact) mass is 343 g/mol. The van der Waals surface area contributed by atoms with Crippen LogP contribution in [-0.4, -0.2) is 52.5 Å². The lowest BCUT2D eigenvalue weighted by atomic mass is 9.93. The number of H-pyrrole nitrogens is 1. The zero-order chi connectivity index (χ0) is 17.6. The Balaban J connectivity index is 1.50. The lowest BCUT2D eigenvalue weighted by Gasteiger charge is -2.33. The third kappa shape index (κ3) is 4.83. The summed E-state index contributed by atoms with van der Waals surface area (Å²) in [5, 5.41) is 17.4. The molecular formula is C20H29N3O2. The first-order valence-electron chi connectivity index (χ1n) is 9.24. The molecule has 1 aromatic heterocycles. The third-order valence-electron chi connectivity index (χ3n) is 4.94. The van der Waals surface area contributed by atoms with Crippen molar-refractivity contribution in [3.8, 4) is 5.75 Å². The number of para-hydroxylation sites is 1. The molecule has 2 atom stereocenters. The summed E-state index contributed by atoms with van der Waals surface area (Å²) >= 11 is 0. The van der Waals surface area contributed by atoms with Crippen LogP contribution < -0.4 is 4.74 Å². The van der Waals surface area contributed by atoms with Gasteiger partial charge in [-0.15, -0.1) is 0 Å². The van der Waals surface area contributed by atoms with Crippen molar-refractivity contribution in [1.82, 2.24) is 15.1 Å². The Morgan fingerprint density at radius 2 is 2.20 bits per heavy atom. The third-order valence-corrected chi connectivity index (χ3v) is 4.94. The van der Waals surface area contributed by atoms with Gasteiger partial charge in [0, 0.05) is 19.3 Å². The fourth-order valence-electron chi connectivity index (χ4n) is 3.60. The lowest BCUT2D eigenvalue weighted by molar-refractivity contribution is 0.0580. The van der Waals surface area contributed by atoms with Gasteiger partial charge in [0.25, 0.3) is 0 Å². The number of aliphatic hydroxyl groups is 1. The molecule has 5 heteroatoms. The van der Waals surface area contributed by atoms with Crippen molar-refractivity contribution in [2.45, 2.75) is 44.6 Å². The van der Waals surface area contributed by atoms with Crippen LogP contribution in [0.5, 0.6) is 5.75 Å². The first-order chi connectivity index (χ1) is 12.1. The Labute approximate surface area is 150 Å². The van der Waals surface area contributed by atoms with E-state index < -0.39 is 6.10 Å². The van der Waals surface area contributed by atoms with E-state index in [4.69, 9.17) is 4.74 Å². The molecule has 0 amide bonds. The highest BCUT2D eigenvalue weighted by atomic mass is 16.5. The van der Waals surface area contributed by atoms with Gasteiger partial charge in [-0.25, -0.2) is 0 Å². The van der Waals surface area contributed by atoms with E-state index in [0.29, 0.717) is 25.0 Å². The first-order valence-corrected chi connectivity index (χ1v) is 9.24. The molecule has 1 fully saturated rings. The standard InChI is InChI=1S/C20H29N3O2/c1-15(2)19-7-3-4-8-20(19)25-14-18(24)13-23-9-5-6-16(12-23)17-10-21-22-11-17/h3-4,7-8,10-11,15-16,18,24H,5-6,9,12-14H2,1-2H3,(H,21,22). The largest absolute Gasteiger partial charge is 0.491 e. The van der Waals surface area contributed by atoms with E-state index in [0.717, 1.165) is 25.3 Å². The van der Waals surface area contributed by atoms with Crippen LogP contribution in [0.1, 0.15) is 49.7 Å². The summed E-state index contributed by atoms with van der Waals surface area (Å²) in [7, 11) is 0. The van der Waals surface area contributed by atoms with Crippen molar-refractivity contribution in [1.29, 1.82) is 0 Å². The van der Waals surface area contributed by atoms with E-state index >= 15 is 0 Å². The molecule has 2 heterocycles. The number of nitrogens with one attached hydrogen (secondary N) is 1.